The molecular weight excluding hydrogens is 275 g/mol. The average molecular weight is 278 g/mol. The third kappa shape index (κ3) is 1.81. The highest BCUT2D eigenvalue weighted by Gasteiger charge is 2.38. The normalized spacial score (nSPS) is 16.1. The lowest BCUT2D eigenvalue weighted by Crippen LogP contribution is -2.31. The van der Waals surface area contributed by atoms with Crippen molar-refractivity contribution in [3.63, 3.8) is 0 Å². The molecule has 0 saturated heterocycles. The van der Waals surface area contributed by atoms with Crippen molar-refractivity contribution in [1.82, 2.24) is 0 Å². The fourth-order valence-corrected chi connectivity index (χ4v) is 1.67. The van der Waals surface area contributed by atoms with Crippen molar-refractivity contribution >= 4 is 40.7 Å². The van der Waals surface area contributed by atoms with Gasteiger partial charge in [-0.1, -0.05) is 23.2 Å². The van der Waals surface area contributed by atoms with E-state index < -0.39 is 33.5 Å². The second kappa shape index (κ2) is 4.09. The summed E-state index contributed by atoms with van der Waals surface area (Å²) in [5.74, 6) is -4.00. The molecule has 3 nitrogen and oxygen atoms in total. The van der Waals surface area contributed by atoms with Crippen LogP contribution < -0.4 is 4.90 Å². The molecule has 0 unspecified atom stereocenters. The first-order chi connectivity index (χ1) is 7.93. The van der Waals surface area contributed by atoms with E-state index in [1.165, 1.54) is 0 Å². The van der Waals surface area contributed by atoms with Crippen LogP contribution in [0.1, 0.15) is 0 Å². The summed E-state index contributed by atoms with van der Waals surface area (Å²) in [5.41, 5.74) is -0.132. The van der Waals surface area contributed by atoms with Gasteiger partial charge in [-0.3, -0.25) is 9.59 Å². The Morgan fingerprint density at radius 2 is 1.47 bits per heavy atom. The second-order valence-electron chi connectivity index (χ2n) is 3.17. The lowest BCUT2D eigenvalue weighted by molar-refractivity contribution is -0.120. The van der Waals surface area contributed by atoms with E-state index in [-0.39, 0.29) is 5.69 Å². The SMILES string of the molecule is O=C1C(Cl)=C(Cl)C(=O)N1c1ccc(F)c(F)c1. The van der Waals surface area contributed by atoms with Crippen molar-refractivity contribution in [2.24, 2.45) is 0 Å². The van der Waals surface area contributed by atoms with Crippen molar-refractivity contribution in [2.75, 3.05) is 4.90 Å². The van der Waals surface area contributed by atoms with Gasteiger partial charge in [-0.05, 0) is 12.1 Å². The van der Waals surface area contributed by atoms with Gasteiger partial charge in [0.2, 0.25) is 0 Å². The molecule has 0 radical (unpaired) electrons. The molecule has 88 valence electrons. The molecule has 0 spiro atoms. The Morgan fingerprint density at radius 1 is 0.941 bits per heavy atom. The van der Waals surface area contributed by atoms with E-state index in [4.69, 9.17) is 23.2 Å². The first kappa shape index (κ1) is 12.0. The molecule has 0 atom stereocenters. The van der Waals surface area contributed by atoms with Gasteiger partial charge in [0.05, 0.1) is 5.69 Å². The molecule has 2 rings (SSSR count). The van der Waals surface area contributed by atoms with E-state index in [9.17, 15) is 18.4 Å². The number of rotatable bonds is 1. The summed E-state index contributed by atoms with van der Waals surface area (Å²) in [6.45, 7) is 0. The van der Waals surface area contributed by atoms with E-state index in [0.717, 1.165) is 12.1 Å². The maximum absolute atomic E-state index is 13.0. The Hall–Kier alpha value is -1.46. The van der Waals surface area contributed by atoms with Crippen LogP contribution in [0.4, 0.5) is 14.5 Å². The molecule has 0 bridgehead atoms. The van der Waals surface area contributed by atoms with Crippen LogP contribution in [0.25, 0.3) is 0 Å². The van der Waals surface area contributed by atoms with Gasteiger partial charge in [-0.25, -0.2) is 13.7 Å². The summed E-state index contributed by atoms with van der Waals surface area (Å²) < 4.78 is 25.7. The third-order valence-electron chi connectivity index (χ3n) is 2.14. The minimum atomic E-state index is -1.18. The van der Waals surface area contributed by atoms with Crippen LogP contribution in [-0.4, -0.2) is 11.8 Å². The Labute approximate surface area is 104 Å². The van der Waals surface area contributed by atoms with E-state index in [1.807, 2.05) is 0 Å². The average Bonchev–Trinajstić information content (AvgIpc) is 2.48. The summed E-state index contributed by atoms with van der Waals surface area (Å²) in [4.78, 5) is 23.7. The highest BCUT2D eigenvalue weighted by molar-refractivity contribution is 6.62. The molecule has 1 aromatic rings. The van der Waals surface area contributed by atoms with Gasteiger partial charge in [0, 0.05) is 6.07 Å². The second-order valence-corrected chi connectivity index (χ2v) is 3.93. The molecule has 0 N–H and O–H groups in total. The molecule has 1 aliphatic heterocycles. The maximum atomic E-state index is 13.0. The molecule has 1 aromatic carbocycles. The number of nitrogens with zero attached hydrogens (tertiary/aromatic N) is 1. The van der Waals surface area contributed by atoms with E-state index in [1.54, 1.807) is 0 Å². The molecule has 17 heavy (non-hydrogen) atoms. The number of carbonyl (C=O) groups excluding carboxylic acids is 2. The van der Waals surface area contributed by atoms with E-state index in [2.05, 4.69) is 0 Å². The third-order valence-corrected chi connectivity index (χ3v) is 2.93. The van der Waals surface area contributed by atoms with Crippen LogP contribution in [-0.2, 0) is 9.59 Å². The van der Waals surface area contributed by atoms with Crippen molar-refractivity contribution in [3.8, 4) is 0 Å². The van der Waals surface area contributed by atoms with Crippen molar-refractivity contribution in [3.05, 3.63) is 39.9 Å². The predicted octanol–water partition coefficient (Wildman–Crippen LogP) is 2.53. The molecule has 0 aliphatic carbocycles. The fourth-order valence-electron chi connectivity index (χ4n) is 1.33. The van der Waals surface area contributed by atoms with Gasteiger partial charge in [0.25, 0.3) is 11.8 Å². The number of hydrogen-bond acceptors (Lipinski definition) is 2. The van der Waals surface area contributed by atoms with Crippen LogP contribution in [0.2, 0.25) is 0 Å². The zero-order valence-electron chi connectivity index (χ0n) is 8.01. The van der Waals surface area contributed by atoms with Crippen molar-refractivity contribution in [2.45, 2.75) is 0 Å². The number of anilines is 1. The zero-order chi connectivity index (χ0) is 12.7. The molecule has 1 heterocycles. The van der Waals surface area contributed by atoms with Gasteiger partial charge in [0.1, 0.15) is 10.1 Å². The first-order valence-electron chi connectivity index (χ1n) is 4.32. The number of hydrogen-bond donors (Lipinski definition) is 0. The molecule has 0 fully saturated rings. The quantitative estimate of drug-likeness (QED) is 0.740. The van der Waals surface area contributed by atoms with Gasteiger partial charge in [0.15, 0.2) is 11.6 Å². The van der Waals surface area contributed by atoms with Crippen LogP contribution in [0.3, 0.4) is 0 Å². The van der Waals surface area contributed by atoms with Crippen molar-refractivity contribution in [1.29, 1.82) is 0 Å². The number of carbonyl (C=O) groups is 2. The monoisotopic (exact) mass is 277 g/mol. The Bertz CT molecular complexity index is 547. The minimum Gasteiger partial charge on any atom is -0.267 e. The summed E-state index contributed by atoms with van der Waals surface area (Å²) in [6.07, 6.45) is 0. The Morgan fingerprint density at radius 3 is 1.94 bits per heavy atom. The summed E-state index contributed by atoms with van der Waals surface area (Å²) in [6, 6.07) is 2.59. The minimum absolute atomic E-state index is 0.132. The van der Waals surface area contributed by atoms with Gasteiger partial charge in [-0.15, -0.1) is 0 Å². The zero-order valence-corrected chi connectivity index (χ0v) is 9.52. The molecule has 2 amide bonds. The largest absolute Gasteiger partial charge is 0.278 e. The summed E-state index contributed by atoms with van der Waals surface area (Å²) >= 11 is 11.0. The van der Waals surface area contributed by atoms with Crippen LogP contribution in [0.5, 0.6) is 0 Å². The van der Waals surface area contributed by atoms with Crippen LogP contribution >= 0.6 is 23.2 Å². The van der Waals surface area contributed by atoms with Crippen LogP contribution in [0.15, 0.2) is 28.3 Å². The Kier molecular flexibility index (Phi) is 2.89. The van der Waals surface area contributed by atoms with Gasteiger partial charge >= 0.3 is 0 Å². The topological polar surface area (TPSA) is 37.4 Å². The highest BCUT2D eigenvalue weighted by atomic mass is 35.5. The maximum Gasteiger partial charge on any atom is 0.278 e. The predicted molar refractivity (Wildman–Crippen MR) is 57.6 cm³/mol. The number of imide groups is 1. The van der Waals surface area contributed by atoms with Gasteiger partial charge < -0.3 is 0 Å². The molecule has 0 aromatic heterocycles. The summed E-state index contributed by atoms with van der Waals surface area (Å²) in [5, 5.41) is -0.886. The van der Waals surface area contributed by atoms with E-state index in [0.29, 0.717) is 11.0 Å². The fraction of sp³-hybridized carbons (Fsp3) is 0. The summed E-state index contributed by atoms with van der Waals surface area (Å²) in [7, 11) is 0. The van der Waals surface area contributed by atoms with Gasteiger partial charge in [-0.2, -0.15) is 0 Å². The van der Waals surface area contributed by atoms with Crippen molar-refractivity contribution < 1.29 is 18.4 Å². The number of halogens is 4. The first-order valence-corrected chi connectivity index (χ1v) is 5.08. The molecule has 0 saturated carbocycles. The number of amides is 2. The Balaban J connectivity index is 2.47. The lowest BCUT2D eigenvalue weighted by atomic mass is 10.2. The smallest absolute Gasteiger partial charge is 0.267 e. The lowest BCUT2D eigenvalue weighted by Gasteiger charge is -2.13. The standard InChI is InChI=1S/C10H3Cl2F2NO2/c11-7-8(12)10(17)15(9(7)16)4-1-2-5(13)6(14)3-4/h1-3H. The molecular formula is C10H3Cl2F2NO2. The highest BCUT2D eigenvalue weighted by Crippen LogP contribution is 2.31. The molecule has 7 heteroatoms. The number of benzene rings is 1. The molecule has 1 aliphatic rings. The van der Waals surface area contributed by atoms with E-state index >= 15 is 0 Å². The van der Waals surface area contributed by atoms with Crippen LogP contribution in [0, 0.1) is 11.6 Å².